The maximum atomic E-state index is 12.5. The zero-order valence-corrected chi connectivity index (χ0v) is 12.0. The second kappa shape index (κ2) is 6.04. The quantitative estimate of drug-likeness (QED) is 0.910. The van der Waals surface area contributed by atoms with Crippen molar-refractivity contribution in [1.82, 2.24) is 9.88 Å². The van der Waals surface area contributed by atoms with Crippen molar-refractivity contribution in [3.63, 3.8) is 0 Å². The largest absolute Gasteiger partial charge is 0.384 e. The minimum absolute atomic E-state index is 0.0581. The topological polar surface area (TPSA) is 45.2 Å². The van der Waals surface area contributed by atoms with Gasteiger partial charge in [-0.25, -0.2) is 4.98 Å². The van der Waals surface area contributed by atoms with Crippen molar-refractivity contribution in [2.75, 3.05) is 11.9 Å². The average molecular weight is 261 g/mol. The molecule has 1 amide bonds. The number of amides is 1. The van der Waals surface area contributed by atoms with Crippen LogP contribution in [0.2, 0.25) is 0 Å². The van der Waals surface area contributed by atoms with Crippen molar-refractivity contribution in [2.24, 2.45) is 0 Å². The van der Waals surface area contributed by atoms with Crippen LogP contribution in [-0.2, 0) is 0 Å². The number of likely N-dealkylation sites (tertiary alicyclic amines) is 1. The zero-order valence-electron chi connectivity index (χ0n) is 12.0. The number of nitrogens with one attached hydrogen (secondary N) is 1. The van der Waals surface area contributed by atoms with Crippen molar-refractivity contribution in [3.8, 4) is 0 Å². The molecule has 1 saturated heterocycles. The first kappa shape index (κ1) is 13.8. The Kier molecular flexibility index (Phi) is 4.40. The molecule has 0 spiro atoms. The van der Waals surface area contributed by atoms with E-state index in [1.165, 1.54) is 6.42 Å². The van der Waals surface area contributed by atoms with Crippen LogP contribution in [0.3, 0.4) is 0 Å². The second-order valence-corrected chi connectivity index (χ2v) is 5.30. The lowest BCUT2D eigenvalue weighted by Gasteiger charge is -2.38. The fraction of sp³-hybridized carbons (Fsp3) is 0.600. The highest BCUT2D eigenvalue weighted by molar-refractivity contribution is 5.93. The third-order valence-electron chi connectivity index (χ3n) is 3.79. The molecule has 1 aliphatic rings. The van der Waals surface area contributed by atoms with Crippen LogP contribution in [0, 0.1) is 0 Å². The molecule has 1 aromatic rings. The molecule has 1 aliphatic heterocycles. The molecule has 19 heavy (non-hydrogen) atoms. The molecule has 0 radical (unpaired) electrons. The molecule has 2 atom stereocenters. The lowest BCUT2D eigenvalue weighted by Crippen LogP contribution is -2.47. The van der Waals surface area contributed by atoms with Gasteiger partial charge in [-0.3, -0.25) is 4.79 Å². The Labute approximate surface area is 115 Å². The van der Waals surface area contributed by atoms with E-state index in [4.69, 9.17) is 0 Å². The first-order chi connectivity index (χ1) is 9.13. The van der Waals surface area contributed by atoms with E-state index < -0.39 is 0 Å². The maximum Gasteiger partial charge on any atom is 0.272 e. The number of rotatable bonds is 3. The van der Waals surface area contributed by atoms with Gasteiger partial charge in [0.1, 0.15) is 5.69 Å². The molecule has 104 valence electrons. The Morgan fingerprint density at radius 3 is 2.58 bits per heavy atom. The number of carbonyl (C=O) groups is 1. The molecule has 1 N–H and O–H groups in total. The van der Waals surface area contributed by atoms with Crippen molar-refractivity contribution in [2.45, 2.75) is 52.1 Å². The Morgan fingerprint density at radius 2 is 2.05 bits per heavy atom. The van der Waals surface area contributed by atoms with Gasteiger partial charge >= 0.3 is 0 Å². The predicted octanol–water partition coefficient (Wildman–Crippen LogP) is 2.92. The Morgan fingerprint density at radius 1 is 1.37 bits per heavy atom. The van der Waals surface area contributed by atoms with Crippen LogP contribution in [0.1, 0.15) is 50.5 Å². The van der Waals surface area contributed by atoms with E-state index in [0.717, 1.165) is 25.1 Å². The molecule has 2 heterocycles. The van der Waals surface area contributed by atoms with Gasteiger partial charge < -0.3 is 10.2 Å². The van der Waals surface area contributed by atoms with Crippen LogP contribution in [0.25, 0.3) is 0 Å². The van der Waals surface area contributed by atoms with E-state index in [-0.39, 0.29) is 5.91 Å². The predicted molar refractivity (Wildman–Crippen MR) is 77.3 cm³/mol. The Hall–Kier alpha value is -1.58. The van der Waals surface area contributed by atoms with Crippen LogP contribution in [0.5, 0.6) is 0 Å². The SMILES string of the molecule is CCNc1ccc(C(=O)N2[C@H](C)CCC[C@@H]2C)nc1. The number of carbonyl (C=O) groups excluding carboxylic acids is 1. The summed E-state index contributed by atoms with van der Waals surface area (Å²) in [5, 5.41) is 3.18. The van der Waals surface area contributed by atoms with E-state index in [2.05, 4.69) is 24.1 Å². The monoisotopic (exact) mass is 261 g/mol. The van der Waals surface area contributed by atoms with Crippen molar-refractivity contribution in [1.29, 1.82) is 0 Å². The summed E-state index contributed by atoms with van der Waals surface area (Å²) in [6.07, 6.45) is 5.12. The number of hydrogen-bond acceptors (Lipinski definition) is 3. The molecule has 1 fully saturated rings. The zero-order chi connectivity index (χ0) is 13.8. The lowest BCUT2D eigenvalue weighted by atomic mass is 9.97. The number of aromatic nitrogens is 1. The van der Waals surface area contributed by atoms with Crippen LogP contribution in [0.15, 0.2) is 18.3 Å². The third-order valence-corrected chi connectivity index (χ3v) is 3.79. The van der Waals surface area contributed by atoms with E-state index >= 15 is 0 Å². The first-order valence-corrected chi connectivity index (χ1v) is 7.16. The summed E-state index contributed by atoms with van der Waals surface area (Å²) in [7, 11) is 0. The smallest absolute Gasteiger partial charge is 0.272 e. The fourth-order valence-corrected chi connectivity index (χ4v) is 2.78. The van der Waals surface area contributed by atoms with Gasteiger partial charge in [0, 0.05) is 18.6 Å². The summed E-state index contributed by atoms with van der Waals surface area (Å²) >= 11 is 0. The molecule has 4 nitrogen and oxygen atoms in total. The van der Waals surface area contributed by atoms with Gasteiger partial charge in [0.05, 0.1) is 11.9 Å². The Balaban J connectivity index is 2.13. The fourth-order valence-electron chi connectivity index (χ4n) is 2.78. The molecule has 0 bridgehead atoms. The van der Waals surface area contributed by atoms with E-state index in [1.807, 2.05) is 24.0 Å². The van der Waals surface area contributed by atoms with Crippen LogP contribution in [-0.4, -0.2) is 34.4 Å². The second-order valence-electron chi connectivity index (χ2n) is 5.30. The van der Waals surface area contributed by atoms with Gasteiger partial charge in [0.25, 0.3) is 5.91 Å². The van der Waals surface area contributed by atoms with Crippen LogP contribution < -0.4 is 5.32 Å². The summed E-state index contributed by atoms with van der Waals surface area (Å²) in [5.74, 6) is 0.0581. The summed E-state index contributed by atoms with van der Waals surface area (Å²) in [6.45, 7) is 7.15. The van der Waals surface area contributed by atoms with Gasteiger partial charge in [-0.15, -0.1) is 0 Å². The van der Waals surface area contributed by atoms with Gasteiger partial charge in [-0.1, -0.05) is 0 Å². The average Bonchev–Trinajstić information content (AvgIpc) is 2.39. The number of nitrogens with zero attached hydrogens (tertiary/aromatic N) is 2. The summed E-state index contributed by atoms with van der Waals surface area (Å²) in [4.78, 5) is 18.8. The minimum atomic E-state index is 0.0581. The molecular weight excluding hydrogens is 238 g/mol. The Bertz CT molecular complexity index is 420. The molecule has 1 aromatic heterocycles. The molecule has 0 saturated carbocycles. The standard InChI is InChI=1S/C15H23N3O/c1-4-16-13-8-9-14(17-10-13)15(19)18-11(2)6-5-7-12(18)3/h8-12,16H,4-7H2,1-3H3/t11-,12+. The van der Waals surface area contributed by atoms with Gasteiger partial charge in [0.15, 0.2) is 0 Å². The number of piperidine rings is 1. The van der Waals surface area contributed by atoms with Gasteiger partial charge in [0.2, 0.25) is 0 Å². The summed E-state index contributed by atoms with van der Waals surface area (Å²) in [5.41, 5.74) is 1.50. The summed E-state index contributed by atoms with van der Waals surface area (Å²) < 4.78 is 0. The highest BCUT2D eigenvalue weighted by atomic mass is 16.2. The number of anilines is 1. The van der Waals surface area contributed by atoms with Crippen molar-refractivity contribution < 1.29 is 4.79 Å². The third kappa shape index (κ3) is 3.06. The molecule has 0 aromatic carbocycles. The van der Waals surface area contributed by atoms with Crippen molar-refractivity contribution in [3.05, 3.63) is 24.0 Å². The maximum absolute atomic E-state index is 12.5. The number of pyridine rings is 1. The molecule has 0 unspecified atom stereocenters. The molecule has 2 rings (SSSR count). The van der Waals surface area contributed by atoms with Crippen LogP contribution >= 0.6 is 0 Å². The highest BCUT2D eigenvalue weighted by Gasteiger charge is 2.30. The number of hydrogen-bond donors (Lipinski definition) is 1. The summed E-state index contributed by atoms with van der Waals surface area (Å²) in [6, 6.07) is 4.36. The molecule has 0 aliphatic carbocycles. The lowest BCUT2D eigenvalue weighted by molar-refractivity contribution is 0.0504. The van der Waals surface area contributed by atoms with E-state index in [1.54, 1.807) is 6.20 Å². The van der Waals surface area contributed by atoms with Gasteiger partial charge in [-0.2, -0.15) is 0 Å². The minimum Gasteiger partial charge on any atom is -0.384 e. The van der Waals surface area contributed by atoms with E-state index in [0.29, 0.717) is 17.8 Å². The van der Waals surface area contributed by atoms with Crippen LogP contribution in [0.4, 0.5) is 5.69 Å². The highest BCUT2D eigenvalue weighted by Crippen LogP contribution is 2.24. The normalized spacial score (nSPS) is 23.2. The first-order valence-electron chi connectivity index (χ1n) is 7.16. The molecular formula is C15H23N3O. The molecule has 4 heteroatoms. The van der Waals surface area contributed by atoms with Gasteiger partial charge in [-0.05, 0) is 52.2 Å². The van der Waals surface area contributed by atoms with E-state index in [9.17, 15) is 4.79 Å². The van der Waals surface area contributed by atoms with Crippen molar-refractivity contribution >= 4 is 11.6 Å².